The number of carbonyl (C=O) groups excluding carboxylic acids is 1. The molecule has 150 valence electrons. The normalized spacial score (nSPS) is 16.1. The molecule has 2 aromatic rings. The fourth-order valence-electron chi connectivity index (χ4n) is 3.32. The zero-order valence-corrected chi connectivity index (χ0v) is 17.7. The van der Waals surface area contributed by atoms with Gasteiger partial charge in [-0.15, -0.1) is 0 Å². The quantitative estimate of drug-likeness (QED) is 0.733. The molecule has 0 aromatic heterocycles. The van der Waals surface area contributed by atoms with Gasteiger partial charge >= 0.3 is 0 Å². The maximum Gasteiger partial charge on any atom is 0.253 e. The molecule has 0 bridgehead atoms. The molecule has 1 heterocycles. The van der Waals surface area contributed by atoms with Gasteiger partial charge in [-0.05, 0) is 54.7 Å². The van der Waals surface area contributed by atoms with Gasteiger partial charge in [-0.3, -0.25) is 4.79 Å². The summed E-state index contributed by atoms with van der Waals surface area (Å²) in [6, 6.07) is 13.6. The molecule has 1 fully saturated rings. The molecule has 0 aliphatic carbocycles. The lowest BCUT2D eigenvalue weighted by Crippen LogP contribution is -2.37. The summed E-state index contributed by atoms with van der Waals surface area (Å²) >= 11 is 6.16. The summed E-state index contributed by atoms with van der Waals surface area (Å²) in [5.74, 6) is 0.371. The highest BCUT2D eigenvalue weighted by atomic mass is 35.5. The summed E-state index contributed by atoms with van der Waals surface area (Å²) < 4.78 is 27.1. The zero-order valence-electron chi connectivity index (χ0n) is 16.1. The number of halogens is 1. The molecular weight excluding hydrogens is 396 g/mol. The SMILES string of the molecule is CC1CCN(S(=O)(=O)c2ccc(C(=O)N(C)Cc3ccccc3Cl)cc2)CC1. The highest BCUT2D eigenvalue weighted by Gasteiger charge is 2.28. The molecule has 1 aliphatic heterocycles. The van der Waals surface area contributed by atoms with E-state index in [-0.39, 0.29) is 10.8 Å². The Balaban J connectivity index is 1.71. The lowest BCUT2D eigenvalue weighted by atomic mass is 10.0. The van der Waals surface area contributed by atoms with Gasteiger partial charge in [0, 0.05) is 37.3 Å². The number of hydrogen-bond acceptors (Lipinski definition) is 3. The van der Waals surface area contributed by atoms with Crippen molar-refractivity contribution in [2.45, 2.75) is 31.2 Å². The topological polar surface area (TPSA) is 57.7 Å². The molecule has 1 saturated heterocycles. The monoisotopic (exact) mass is 420 g/mol. The molecule has 1 aliphatic rings. The second kappa shape index (κ2) is 8.64. The van der Waals surface area contributed by atoms with Gasteiger partial charge in [-0.25, -0.2) is 8.42 Å². The van der Waals surface area contributed by atoms with Crippen LogP contribution in [0.15, 0.2) is 53.4 Å². The van der Waals surface area contributed by atoms with Crippen molar-refractivity contribution < 1.29 is 13.2 Å². The molecule has 0 saturated carbocycles. The standard InChI is InChI=1S/C21H25ClN2O3S/c1-16-11-13-24(14-12-16)28(26,27)19-9-7-17(8-10-19)21(25)23(2)15-18-5-3-4-6-20(18)22/h3-10,16H,11-15H2,1-2H3. The molecule has 7 heteroatoms. The molecule has 3 rings (SSSR count). The van der Waals surface area contributed by atoms with Crippen molar-refractivity contribution in [3.63, 3.8) is 0 Å². The minimum absolute atomic E-state index is 0.185. The van der Waals surface area contributed by atoms with Crippen LogP contribution in [0.3, 0.4) is 0 Å². The van der Waals surface area contributed by atoms with Crippen LogP contribution in [0, 0.1) is 5.92 Å². The van der Waals surface area contributed by atoms with Crippen LogP contribution in [-0.2, 0) is 16.6 Å². The largest absolute Gasteiger partial charge is 0.337 e. The Morgan fingerprint density at radius 2 is 1.71 bits per heavy atom. The van der Waals surface area contributed by atoms with Crippen LogP contribution in [0.1, 0.15) is 35.7 Å². The molecule has 1 amide bonds. The average Bonchev–Trinajstić information content (AvgIpc) is 2.69. The van der Waals surface area contributed by atoms with E-state index in [1.807, 2.05) is 18.2 Å². The van der Waals surface area contributed by atoms with Crippen LogP contribution in [0.5, 0.6) is 0 Å². The lowest BCUT2D eigenvalue weighted by molar-refractivity contribution is 0.0785. The van der Waals surface area contributed by atoms with Crippen molar-refractivity contribution >= 4 is 27.5 Å². The predicted molar refractivity (Wildman–Crippen MR) is 111 cm³/mol. The summed E-state index contributed by atoms with van der Waals surface area (Å²) in [6.45, 7) is 3.61. The smallest absolute Gasteiger partial charge is 0.253 e. The van der Waals surface area contributed by atoms with Gasteiger partial charge in [-0.2, -0.15) is 4.31 Å². The lowest BCUT2D eigenvalue weighted by Gasteiger charge is -2.29. The maximum atomic E-state index is 12.8. The van der Waals surface area contributed by atoms with Crippen LogP contribution in [0.2, 0.25) is 5.02 Å². The molecule has 0 atom stereocenters. The van der Waals surface area contributed by atoms with E-state index in [9.17, 15) is 13.2 Å². The number of carbonyl (C=O) groups is 1. The van der Waals surface area contributed by atoms with Gasteiger partial charge in [-0.1, -0.05) is 36.7 Å². The zero-order chi connectivity index (χ0) is 20.3. The number of rotatable bonds is 5. The van der Waals surface area contributed by atoms with Crippen molar-refractivity contribution in [3.05, 3.63) is 64.7 Å². The molecule has 2 aromatic carbocycles. The minimum atomic E-state index is -3.51. The molecule has 5 nitrogen and oxygen atoms in total. The fourth-order valence-corrected chi connectivity index (χ4v) is 4.98. The first-order valence-electron chi connectivity index (χ1n) is 9.38. The second-order valence-corrected chi connectivity index (χ2v) is 9.71. The molecule has 0 radical (unpaired) electrons. The van der Waals surface area contributed by atoms with Gasteiger partial charge in [0.05, 0.1) is 4.90 Å². The number of piperidine rings is 1. The summed E-state index contributed by atoms with van der Waals surface area (Å²) in [5, 5.41) is 0.611. The first-order valence-corrected chi connectivity index (χ1v) is 11.2. The van der Waals surface area contributed by atoms with Gasteiger partial charge in [0.25, 0.3) is 5.91 Å². The van der Waals surface area contributed by atoms with Crippen molar-refractivity contribution in [2.24, 2.45) is 5.92 Å². The van der Waals surface area contributed by atoms with Crippen LogP contribution in [0.25, 0.3) is 0 Å². The number of hydrogen-bond donors (Lipinski definition) is 0. The van der Waals surface area contributed by atoms with Crippen LogP contribution in [-0.4, -0.2) is 43.7 Å². The fraction of sp³-hybridized carbons (Fsp3) is 0.381. The van der Waals surface area contributed by atoms with Crippen LogP contribution >= 0.6 is 11.6 Å². The van der Waals surface area contributed by atoms with E-state index in [2.05, 4.69) is 6.92 Å². The van der Waals surface area contributed by atoms with Gasteiger partial charge in [0.1, 0.15) is 0 Å². The Bertz CT molecular complexity index is 936. The number of sulfonamides is 1. The van der Waals surface area contributed by atoms with E-state index in [0.29, 0.717) is 36.1 Å². The van der Waals surface area contributed by atoms with Crippen molar-refractivity contribution in [1.29, 1.82) is 0 Å². The Morgan fingerprint density at radius 1 is 1.11 bits per heavy atom. The van der Waals surface area contributed by atoms with Crippen LogP contribution < -0.4 is 0 Å². The Kier molecular flexibility index (Phi) is 6.43. The maximum absolute atomic E-state index is 12.8. The molecule has 28 heavy (non-hydrogen) atoms. The minimum Gasteiger partial charge on any atom is -0.337 e. The summed E-state index contributed by atoms with van der Waals surface area (Å²) in [5.41, 5.74) is 1.30. The van der Waals surface area contributed by atoms with Crippen molar-refractivity contribution in [3.8, 4) is 0 Å². The highest BCUT2D eigenvalue weighted by molar-refractivity contribution is 7.89. The third-order valence-corrected chi connectivity index (χ3v) is 7.48. The van der Waals surface area contributed by atoms with Crippen molar-refractivity contribution in [2.75, 3.05) is 20.1 Å². The van der Waals surface area contributed by atoms with E-state index in [4.69, 9.17) is 11.6 Å². The van der Waals surface area contributed by atoms with E-state index >= 15 is 0 Å². The van der Waals surface area contributed by atoms with Crippen molar-refractivity contribution in [1.82, 2.24) is 9.21 Å². The molecular formula is C21H25ClN2O3S. The van der Waals surface area contributed by atoms with E-state index in [0.717, 1.165) is 18.4 Å². The van der Waals surface area contributed by atoms with Gasteiger partial charge < -0.3 is 4.90 Å². The Morgan fingerprint density at radius 3 is 2.32 bits per heavy atom. The highest BCUT2D eigenvalue weighted by Crippen LogP contribution is 2.24. The van der Waals surface area contributed by atoms with E-state index in [1.54, 1.807) is 30.1 Å². The average molecular weight is 421 g/mol. The predicted octanol–water partition coefficient (Wildman–Crippen LogP) is 4.03. The Hall–Kier alpha value is -1.89. The van der Waals surface area contributed by atoms with E-state index in [1.165, 1.54) is 16.4 Å². The summed E-state index contributed by atoms with van der Waals surface area (Å²) in [7, 11) is -1.81. The third-order valence-electron chi connectivity index (χ3n) is 5.19. The van der Waals surface area contributed by atoms with Gasteiger partial charge in [0.2, 0.25) is 10.0 Å². The summed E-state index contributed by atoms with van der Waals surface area (Å²) in [4.78, 5) is 14.5. The number of benzene rings is 2. The molecule has 0 spiro atoms. The molecule has 0 unspecified atom stereocenters. The third kappa shape index (κ3) is 4.57. The Labute approximate surface area is 172 Å². The van der Waals surface area contributed by atoms with E-state index < -0.39 is 10.0 Å². The first-order chi connectivity index (χ1) is 13.3. The number of amides is 1. The van der Waals surface area contributed by atoms with Crippen LogP contribution in [0.4, 0.5) is 0 Å². The second-order valence-electron chi connectivity index (χ2n) is 7.36. The molecule has 0 N–H and O–H groups in total. The number of nitrogens with zero attached hydrogens (tertiary/aromatic N) is 2. The van der Waals surface area contributed by atoms with Gasteiger partial charge in [0.15, 0.2) is 0 Å². The first kappa shape index (κ1) is 20.8. The summed E-state index contributed by atoms with van der Waals surface area (Å²) in [6.07, 6.45) is 1.76.